The average molecular weight is 281 g/mol. The number of rotatable bonds is 3. The van der Waals surface area contributed by atoms with E-state index in [0.717, 1.165) is 21.5 Å². The molecule has 1 aromatic heterocycles. The zero-order valence-electron chi connectivity index (χ0n) is 9.25. The molecule has 0 aliphatic heterocycles. The number of nitrogens with one attached hydrogen (secondary N) is 1. The summed E-state index contributed by atoms with van der Waals surface area (Å²) in [6.45, 7) is 2.77. The molecule has 0 bridgehead atoms. The van der Waals surface area contributed by atoms with Crippen molar-refractivity contribution in [1.82, 2.24) is 10.3 Å². The van der Waals surface area contributed by atoms with E-state index in [9.17, 15) is 0 Å². The van der Waals surface area contributed by atoms with Crippen LogP contribution in [0.4, 0.5) is 0 Å². The molecule has 0 unspecified atom stereocenters. The molecule has 84 valence electrons. The third kappa shape index (κ3) is 2.18. The fourth-order valence-corrected chi connectivity index (χ4v) is 2.14. The normalized spacial score (nSPS) is 10.7. The highest BCUT2D eigenvalue weighted by molar-refractivity contribution is 9.10. The molecule has 0 amide bonds. The Labute approximate surface area is 103 Å². The van der Waals surface area contributed by atoms with Gasteiger partial charge >= 0.3 is 0 Å². The van der Waals surface area contributed by atoms with Crippen LogP contribution < -0.4 is 5.32 Å². The molecule has 1 aromatic carbocycles. The van der Waals surface area contributed by atoms with Crippen molar-refractivity contribution < 1.29 is 4.42 Å². The molecule has 0 aliphatic rings. The summed E-state index contributed by atoms with van der Waals surface area (Å²) in [4.78, 5) is 4.20. The van der Waals surface area contributed by atoms with Gasteiger partial charge in [0.2, 0.25) is 0 Å². The minimum absolute atomic E-state index is 0.710. The summed E-state index contributed by atoms with van der Waals surface area (Å²) < 4.78 is 6.53. The summed E-state index contributed by atoms with van der Waals surface area (Å²) in [5.74, 6) is 0.847. The summed E-state index contributed by atoms with van der Waals surface area (Å²) in [6, 6.07) is 6.12. The Bertz CT molecular complexity index is 494. The number of oxazole rings is 1. The molecule has 0 radical (unpaired) electrons. The molecule has 1 heterocycles. The summed E-state index contributed by atoms with van der Waals surface area (Å²) >= 11 is 3.45. The minimum Gasteiger partial charge on any atom is -0.443 e. The Kier molecular flexibility index (Phi) is 3.41. The largest absolute Gasteiger partial charge is 0.443 e. The first-order chi connectivity index (χ1) is 7.72. The SMILES string of the molecule is CNCc1ncoc1-c1ccc(Br)cc1C. The maximum Gasteiger partial charge on any atom is 0.181 e. The molecule has 16 heavy (non-hydrogen) atoms. The van der Waals surface area contributed by atoms with Crippen LogP contribution in [-0.4, -0.2) is 12.0 Å². The fraction of sp³-hybridized carbons (Fsp3) is 0.250. The van der Waals surface area contributed by atoms with Crippen LogP contribution in [0.15, 0.2) is 33.5 Å². The van der Waals surface area contributed by atoms with Gasteiger partial charge in [-0.25, -0.2) is 4.98 Å². The monoisotopic (exact) mass is 280 g/mol. The van der Waals surface area contributed by atoms with Crippen molar-refractivity contribution in [1.29, 1.82) is 0 Å². The molecule has 0 aliphatic carbocycles. The van der Waals surface area contributed by atoms with Crippen molar-refractivity contribution in [3.8, 4) is 11.3 Å². The van der Waals surface area contributed by atoms with Crippen LogP contribution >= 0.6 is 15.9 Å². The van der Waals surface area contributed by atoms with Gasteiger partial charge in [0.1, 0.15) is 5.69 Å². The van der Waals surface area contributed by atoms with Crippen LogP contribution in [0.5, 0.6) is 0 Å². The molecule has 0 fully saturated rings. The predicted molar refractivity (Wildman–Crippen MR) is 67.1 cm³/mol. The smallest absolute Gasteiger partial charge is 0.181 e. The molecule has 0 atom stereocenters. The molecular weight excluding hydrogens is 268 g/mol. The zero-order chi connectivity index (χ0) is 11.5. The Balaban J connectivity index is 2.46. The summed E-state index contributed by atoms with van der Waals surface area (Å²) in [5.41, 5.74) is 3.20. The number of benzene rings is 1. The van der Waals surface area contributed by atoms with Crippen molar-refractivity contribution in [3.05, 3.63) is 40.3 Å². The van der Waals surface area contributed by atoms with Crippen molar-refractivity contribution in [2.45, 2.75) is 13.5 Å². The summed E-state index contributed by atoms with van der Waals surface area (Å²) in [7, 11) is 1.90. The van der Waals surface area contributed by atoms with E-state index in [1.165, 1.54) is 12.0 Å². The van der Waals surface area contributed by atoms with Crippen LogP contribution in [0.1, 0.15) is 11.3 Å². The number of hydrogen-bond donors (Lipinski definition) is 1. The van der Waals surface area contributed by atoms with Crippen molar-refractivity contribution in [3.63, 3.8) is 0 Å². The first-order valence-corrected chi connectivity index (χ1v) is 5.85. The van der Waals surface area contributed by atoms with Gasteiger partial charge in [0, 0.05) is 16.6 Å². The summed E-state index contributed by atoms with van der Waals surface area (Å²) in [6.07, 6.45) is 1.49. The lowest BCUT2D eigenvalue weighted by Gasteiger charge is -2.05. The first-order valence-electron chi connectivity index (χ1n) is 5.06. The van der Waals surface area contributed by atoms with Gasteiger partial charge in [-0.1, -0.05) is 15.9 Å². The highest BCUT2D eigenvalue weighted by Gasteiger charge is 2.12. The molecule has 0 saturated carbocycles. The Hall–Kier alpha value is -1.13. The number of aromatic nitrogens is 1. The number of nitrogens with zero attached hydrogens (tertiary/aromatic N) is 1. The lowest BCUT2D eigenvalue weighted by atomic mass is 10.1. The number of halogens is 1. The molecule has 0 spiro atoms. The second kappa shape index (κ2) is 4.80. The fourth-order valence-electron chi connectivity index (χ4n) is 1.66. The van der Waals surface area contributed by atoms with Gasteiger partial charge in [0.05, 0.1) is 0 Å². The van der Waals surface area contributed by atoms with E-state index in [1.54, 1.807) is 0 Å². The number of aryl methyl sites for hydroxylation is 1. The Morgan fingerprint density at radius 1 is 1.44 bits per heavy atom. The quantitative estimate of drug-likeness (QED) is 0.939. The van der Waals surface area contributed by atoms with Gasteiger partial charge in [-0.3, -0.25) is 0 Å². The van der Waals surface area contributed by atoms with Gasteiger partial charge in [0.15, 0.2) is 12.2 Å². The highest BCUT2D eigenvalue weighted by atomic mass is 79.9. The molecule has 1 N–H and O–H groups in total. The standard InChI is InChI=1S/C12H13BrN2O/c1-8-5-9(13)3-4-10(8)12-11(6-14-2)15-7-16-12/h3-5,7,14H,6H2,1-2H3. The molecule has 2 rings (SSSR count). The second-order valence-corrected chi connectivity index (χ2v) is 4.53. The van der Waals surface area contributed by atoms with Crippen LogP contribution in [0, 0.1) is 6.92 Å². The lowest BCUT2D eigenvalue weighted by Crippen LogP contribution is -2.06. The van der Waals surface area contributed by atoms with Gasteiger partial charge in [0.25, 0.3) is 0 Å². The van der Waals surface area contributed by atoms with E-state index in [-0.39, 0.29) is 0 Å². The third-order valence-electron chi connectivity index (χ3n) is 2.42. The second-order valence-electron chi connectivity index (χ2n) is 3.62. The van der Waals surface area contributed by atoms with Crippen molar-refractivity contribution in [2.24, 2.45) is 0 Å². The van der Waals surface area contributed by atoms with Gasteiger partial charge in [-0.2, -0.15) is 0 Å². The molecule has 4 heteroatoms. The maximum atomic E-state index is 5.46. The predicted octanol–water partition coefficient (Wildman–Crippen LogP) is 3.13. The lowest BCUT2D eigenvalue weighted by molar-refractivity contribution is 0.570. The van der Waals surface area contributed by atoms with E-state index < -0.39 is 0 Å². The molecular formula is C12H13BrN2O. The summed E-state index contributed by atoms with van der Waals surface area (Å²) in [5, 5.41) is 3.08. The molecule has 0 saturated heterocycles. The van der Waals surface area contributed by atoms with Crippen molar-refractivity contribution >= 4 is 15.9 Å². The molecule has 2 aromatic rings. The van der Waals surface area contributed by atoms with E-state index in [4.69, 9.17) is 4.42 Å². The Morgan fingerprint density at radius 2 is 2.25 bits per heavy atom. The highest BCUT2D eigenvalue weighted by Crippen LogP contribution is 2.28. The van der Waals surface area contributed by atoms with Gasteiger partial charge in [-0.05, 0) is 37.7 Å². The molecule has 3 nitrogen and oxygen atoms in total. The van der Waals surface area contributed by atoms with E-state index in [2.05, 4.69) is 39.2 Å². The Morgan fingerprint density at radius 3 is 2.94 bits per heavy atom. The van der Waals surface area contributed by atoms with E-state index in [1.807, 2.05) is 19.2 Å². The minimum atomic E-state index is 0.710. The van der Waals surface area contributed by atoms with Crippen LogP contribution in [-0.2, 0) is 6.54 Å². The van der Waals surface area contributed by atoms with E-state index >= 15 is 0 Å². The first kappa shape index (κ1) is 11.4. The van der Waals surface area contributed by atoms with Gasteiger partial charge in [-0.15, -0.1) is 0 Å². The van der Waals surface area contributed by atoms with E-state index in [0.29, 0.717) is 6.54 Å². The maximum absolute atomic E-state index is 5.46. The van der Waals surface area contributed by atoms with Gasteiger partial charge < -0.3 is 9.73 Å². The van der Waals surface area contributed by atoms with Crippen LogP contribution in [0.25, 0.3) is 11.3 Å². The van der Waals surface area contributed by atoms with Crippen molar-refractivity contribution in [2.75, 3.05) is 7.05 Å². The third-order valence-corrected chi connectivity index (χ3v) is 2.91. The van der Waals surface area contributed by atoms with Crippen LogP contribution in [0.3, 0.4) is 0 Å². The number of hydrogen-bond acceptors (Lipinski definition) is 3. The van der Waals surface area contributed by atoms with Crippen LogP contribution in [0.2, 0.25) is 0 Å². The zero-order valence-corrected chi connectivity index (χ0v) is 10.8. The topological polar surface area (TPSA) is 38.1 Å². The average Bonchev–Trinajstić information content (AvgIpc) is 2.67.